The van der Waals surface area contributed by atoms with Crippen LogP contribution in [0.1, 0.15) is 34.9 Å². The van der Waals surface area contributed by atoms with E-state index in [2.05, 4.69) is 15.6 Å². The highest BCUT2D eigenvalue weighted by Crippen LogP contribution is 2.26. The van der Waals surface area contributed by atoms with E-state index in [0.29, 0.717) is 21.8 Å². The molecule has 2 N–H and O–H groups in total. The normalized spacial score (nSPS) is 18.1. The Morgan fingerprint density at radius 2 is 2.40 bits per heavy atom. The van der Waals surface area contributed by atoms with E-state index in [1.54, 1.807) is 24.3 Å². The predicted octanol–water partition coefficient (Wildman–Crippen LogP) is 3.47. The number of amides is 1. The van der Waals surface area contributed by atoms with Gasteiger partial charge in [0, 0.05) is 16.0 Å². The summed E-state index contributed by atoms with van der Waals surface area (Å²) in [6.45, 7) is 1.03. The molecule has 20 heavy (non-hydrogen) atoms. The first-order valence-corrected chi connectivity index (χ1v) is 7.74. The van der Waals surface area contributed by atoms with Gasteiger partial charge in [-0.3, -0.25) is 10.1 Å². The maximum atomic E-state index is 12.1. The van der Waals surface area contributed by atoms with E-state index >= 15 is 0 Å². The zero-order valence-corrected chi connectivity index (χ0v) is 12.3. The molecule has 2 heterocycles. The number of hydrogen-bond donors (Lipinski definition) is 2. The van der Waals surface area contributed by atoms with E-state index in [9.17, 15) is 4.79 Å². The molecular weight excluding hydrogens is 294 g/mol. The molecule has 2 aromatic rings. The number of nitrogens with one attached hydrogen (secondary N) is 2. The van der Waals surface area contributed by atoms with Crippen molar-refractivity contribution < 1.29 is 4.79 Å². The molecule has 0 bridgehead atoms. The van der Waals surface area contributed by atoms with Crippen molar-refractivity contribution in [1.29, 1.82) is 0 Å². The van der Waals surface area contributed by atoms with E-state index in [1.165, 1.54) is 17.8 Å². The SMILES string of the molecule is O=C(Nc1nc(C2CCCN2)cs1)c1cccc(Cl)c1. The zero-order chi connectivity index (χ0) is 13.9. The van der Waals surface area contributed by atoms with Gasteiger partial charge in [0.05, 0.1) is 11.7 Å². The van der Waals surface area contributed by atoms with Gasteiger partial charge in [-0.25, -0.2) is 4.98 Å². The van der Waals surface area contributed by atoms with E-state index in [0.717, 1.165) is 18.7 Å². The zero-order valence-electron chi connectivity index (χ0n) is 10.7. The van der Waals surface area contributed by atoms with Gasteiger partial charge in [0.15, 0.2) is 5.13 Å². The Morgan fingerprint density at radius 1 is 1.50 bits per heavy atom. The summed E-state index contributed by atoms with van der Waals surface area (Å²) in [5.74, 6) is -0.187. The molecule has 0 radical (unpaired) electrons. The fourth-order valence-corrected chi connectivity index (χ4v) is 3.19. The van der Waals surface area contributed by atoms with Crippen LogP contribution in [0.5, 0.6) is 0 Å². The Balaban J connectivity index is 1.70. The Labute approximate surface area is 126 Å². The van der Waals surface area contributed by atoms with E-state index in [-0.39, 0.29) is 5.91 Å². The van der Waals surface area contributed by atoms with Crippen molar-refractivity contribution in [2.45, 2.75) is 18.9 Å². The molecule has 1 aromatic heterocycles. The third kappa shape index (κ3) is 3.00. The summed E-state index contributed by atoms with van der Waals surface area (Å²) in [5, 5.41) is 9.37. The van der Waals surface area contributed by atoms with Crippen LogP contribution in [-0.4, -0.2) is 17.4 Å². The standard InChI is InChI=1S/C14H14ClN3OS/c15-10-4-1-3-9(7-10)13(19)18-14-17-12(8-20-14)11-5-2-6-16-11/h1,3-4,7-8,11,16H,2,5-6H2,(H,17,18,19). The van der Waals surface area contributed by atoms with Crippen molar-refractivity contribution in [2.75, 3.05) is 11.9 Å². The van der Waals surface area contributed by atoms with Crippen LogP contribution in [0.15, 0.2) is 29.6 Å². The first-order chi connectivity index (χ1) is 9.72. The minimum absolute atomic E-state index is 0.187. The highest BCUT2D eigenvalue weighted by Gasteiger charge is 2.19. The number of nitrogens with zero attached hydrogens (tertiary/aromatic N) is 1. The first kappa shape index (κ1) is 13.5. The van der Waals surface area contributed by atoms with Crippen molar-refractivity contribution in [3.63, 3.8) is 0 Å². The lowest BCUT2D eigenvalue weighted by molar-refractivity contribution is 0.102. The van der Waals surface area contributed by atoms with Crippen LogP contribution in [0.4, 0.5) is 5.13 Å². The molecule has 0 aliphatic carbocycles. The second-order valence-electron chi connectivity index (χ2n) is 4.69. The Kier molecular flexibility index (Phi) is 4.00. The fourth-order valence-electron chi connectivity index (χ4n) is 2.24. The molecule has 1 aliphatic heterocycles. The van der Waals surface area contributed by atoms with Crippen molar-refractivity contribution in [3.8, 4) is 0 Å². The summed E-state index contributed by atoms with van der Waals surface area (Å²) < 4.78 is 0. The van der Waals surface area contributed by atoms with Crippen LogP contribution in [0, 0.1) is 0 Å². The van der Waals surface area contributed by atoms with Gasteiger partial charge < -0.3 is 5.32 Å². The highest BCUT2D eigenvalue weighted by molar-refractivity contribution is 7.14. The van der Waals surface area contributed by atoms with Gasteiger partial charge in [-0.15, -0.1) is 11.3 Å². The van der Waals surface area contributed by atoms with Crippen LogP contribution in [0.25, 0.3) is 0 Å². The second kappa shape index (κ2) is 5.91. The van der Waals surface area contributed by atoms with Crippen LogP contribution in [0.2, 0.25) is 5.02 Å². The number of rotatable bonds is 3. The molecule has 4 nitrogen and oxygen atoms in total. The average Bonchev–Trinajstić information content (AvgIpc) is 3.08. The maximum Gasteiger partial charge on any atom is 0.257 e. The van der Waals surface area contributed by atoms with Crippen LogP contribution in [-0.2, 0) is 0 Å². The van der Waals surface area contributed by atoms with E-state index < -0.39 is 0 Å². The summed E-state index contributed by atoms with van der Waals surface area (Å²) in [5.41, 5.74) is 1.54. The molecule has 1 saturated heterocycles. The lowest BCUT2D eigenvalue weighted by Gasteiger charge is -2.05. The number of carbonyl (C=O) groups is 1. The molecule has 1 fully saturated rings. The molecular formula is C14H14ClN3OS. The Hall–Kier alpha value is -1.43. The summed E-state index contributed by atoms with van der Waals surface area (Å²) in [6, 6.07) is 7.19. The maximum absolute atomic E-state index is 12.1. The minimum Gasteiger partial charge on any atom is -0.309 e. The van der Waals surface area contributed by atoms with Gasteiger partial charge >= 0.3 is 0 Å². The minimum atomic E-state index is -0.187. The van der Waals surface area contributed by atoms with Gasteiger partial charge in [-0.2, -0.15) is 0 Å². The number of halogens is 1. The van der Waals surface area contributed by atoms with E-state index in [1.807, 2.05) is 5.38 Å². The summed E-state index contributed by atoms with van der Waals surface area (Å²) in [4.78, 5) is 16.5. The average molecular weight is 308 g/mol. The van der Waals surface area contributed by atoms with Crippen molar-refractivity contribution in [3.05, 3.63) is 45.9 Å². The number of thiazole rings is 1. The molecule has 0 spiro atoms. The third-order valence-corrected chi connectivity index (χ3v) is 4.26. The van der Waals surface area contributed by atoms with Crippen LogP contribution >= 0.6 is 22.9 Å². The molecule has 1 unspecified atom stereocenters. The monoisotopic (exact) mass is 307 g/mol. The number of benzene rings is 1. The summed E-state index contributed by atoms with van der Waals surface area (Å²) >= 11 is 7.33. The molecule has 1 atom stereocenters. The second-order valence-corrected chi connectivity index (χ2v) is 5.99. The van der Waals surface area contributed by atoms with Crippen molar-refractivity contribution >= 4 is 34.0 Å². The highest BCUT2D eigenvalue weighted by atomic mass is 35.5. The molecule has 3 rings (SSSR count). The Morgan fingerprint density at radius 3 is 3.15 bits per heavy atom. The van der Waals surface area contributed by atoms with Crippen molar-refractivity contribution in [2.24, 2.45) is 0 Å². The van der Waals surface area contributed by atoms with Gasteiger partial charge in [-0.05, 0) is 37.6 Å². The van der Waals surface area contributed by atoms with Gasteiger partial charge in [-0.1, -0.05) is 17.7 Å². The topological polar surface area (TPSA) is 54.0 Å². The number of anilines is 1. The molecule has 1 amide bonds. The van der Waals surface area contributed by atoms with Crippen LogP contribution in [0.3, 0.4) is 0 Å². The van der Waals surface area contributed by atoms with Gasteiger partial charge in [0.2, 0.25) is 0 Å². The fraction of sp³-hybridized carbons (Fsp3) is 0.286. The van der Waals surface area contributed by atoms with Crippen molar-refractivity contribution in [1.82, 2.24) is 10.3 Å². The lowest BCUT2D eigenvalue weighted by Crippen LogP contribution is -2.14. The summed E-state index contributed by atoms with van der Waals surface area (Å²) in [6.07, 6.45) is 2.28. The third-order valence-electron chi connectivity index (χ3n) is 3.25. The van der Waals surface area contributed by atoms with Gasteiger partial charge in [0.1, 0.15) is 0 Å². The number of hydrogen-bond acceptors (Lipinski definition) is 4. The molecule has 104 valence electrons. The predicted molar refractivity (Wildman–Crippen MR) is 81.5 cm³/mol. The molecule has 1 aliphatic rings. The molecule has 0 saturated carbocycles. The number of aromatic nitrogens is 1. The molecule has 6 heteroatoms. The Bertz CT molecular complexity index is 622. The first-order valence-electron chi connectivity index (χ1n) is 6.48. The van der Waals surface area contributed by atoms with Crippen LogP contribution < -0.4 is 10.6 Å². The number of carbonyl (C=O) groups excluding carboxylic acids is 1. The molecule has 1 aromatic carbocycles. The quantitative estimate of drug-likeness (QED) is 0.913. The summed E-state index contributed by atoms with van der Waals surface area (Å²) in [7, 11) is 0. The lowest BCUT2D eigenvalue weighted by atomic mass is 10.2. The smallest absolute Gasteiger partial charge is 0.257 e. The largest absolute Gasteiger partial charge is 0.309 e. The van der Waals surface area contributed by atoms with E-state index in [4.69, 9.17) is 11.6 Å². The van der Waals surface area contributed by atoms with Gasteiger partial charge in [0.25, 0.3) is 5.91 Å².